The van der Waals surface area contributed by atoms with Crippen LogP contribution in [0.15, 0.2) is 42.5 Å². The van der Waals surface area contributed by atoms with E-state index in [2.05, 4.69) is 53.1 Å². The van der Waals surface area contributed by atoms with E-state index < -0.39 is 6.10 Å². The molecule has 0 radical (unpaired) electrons. The van der Waals surface area contributed by atoms with Gasteiger partial charge in [-0.3, -0.25) is 0 Å². The molecule has 0 aliphatic carbocycles. The minimum atomic E-state index is -0.667. The summed E-state index contributed by atoms with van der Waals surface area (Å²) >= 11 is 0. The van der Waals surface area contributed by atoms with Crippen molar-refractivity contribution in [3.05, 3.63) is 65.0 Å². The summed E-state index contributed by atoms with van der Waals surface area (Å²) in [7, 11) is 0. The third kappa shape index (κ3) is 9.62. The molecule has 6 heteroatoms. The summed E-state index contributed by atoms with van der Waals surface area (Å²) in [5.74, 6) is 2.97. The molecule has 3 rings (SSSR count). The number of aliphatic hydroxyl groups excluding tert-OH is 1. The average Bonchev–Trinajstić information content (AvgIpc) is 2.85. The van der Waals surface area contributed by atoms with Crippen LogP contribution >= 0.6 is 0 Å². The van der Waals surface area contributed by atoms with Crippen LogP contribution in [0, 0.1) is 18.2 Å². The van der Waals surface area contributed by atoms with E-state index in [1.54, 1.807) is 0 Å². The summed E-state index contributed by atoms with van der Waals surface area (Å²) in [6, 6.07) is 13.1. The highest BCUT2D eigenvalue weighted by atomic mass is 19.1. The van der Waals surface area contributed by atoms with Gasteiger partial charge in [0.1, 0.15) is 11.6 Å². The van der Waals surface area contributed by atoms with Crippen LogP contribution in [0.25, 0.3) is 0 Å². The smallest absolute Gasteiger partial charge is 0.127 e. The number of terminal acetylenes is 1. The number of rotatable bonds is 7. The predicted octanol–water partition coefficient (Wildman–Crippen LogP) is 3.58. The molecule has 35 heavy (non-hydrogen) atoms. The van der Waals surface area contributed by atoms with E-state index in [-0.39, 0.29) is 17.9 Å². The van der Waals surface area contributed by atoms with Crippen molar-refractivity contribution in [1.29, 1.82) is 0 Å². The maximum absolute atomic E-state index is 14.3. The maximum Gasteiger partial charge on any atom is 0.127 e. The zero-order valence-electron chi connectivity index (χ0n) is 20.9. The van der Waals surface area contributed by atoms with Crippen molar-refractivity contribution in [3.8, 4) is 18.1 Å². The molecular weight excluding hydrogens is 441 g/mol. The van der Waals surface area contributed by atoms with E-state index in [1.165, 1.54) is 23.3 Å². The van der Waals surface area contributed by atoms with Crippen LogP contribution in [0.1, 0.15) is 49.3 Å². The molecule has 2 aromatic carbocycles. The number of halogens is 1. The van der Waals surface area contributed by atoms with Gasteiger partial charge in [0.15, 0.2) is 0 Å². The molecule has 0 spiro atoms. The first-order valence-corrected chi connectivity index (χ1v) is 12.9. The van der Waals surface area contributed by atoms with Gasteiger partial charge in [-0.2, -0.15) is 0 Å². The second-order valence-corrected chi connectivity index (χ2v) is 9.35. The molecule has 3 atom stereocenters. The van der Waals surface area contributed by atoms with Gasteiger partial charge in [0.05, 0.1) is 12.7 Å². The summed E-state index contributed by atoms with van der Waals surface area (Å²) in [5, 5.41) is 21.5. The Kier molecular flexibility index (Phi) is 11.5. The molecule has 1 heterocycles. The van der Waals surface area contributed by atoms with Gasteiger partial charge < -0.3 is 25.8 Å². The molecule has 0 amide bonds. The quantitative estimate of drug-likeness (QED) is 0.456. The van der Waals surface area contributed by atoms with Crippen LogP contribution in [-0.2, 0) is 19.4 Å². The van der Waals surface area contributed by atoms with E-state index in [1.807, 2.05) is 6.07 Å². The molecule has 0 aromatic heterocycles. The Balaban J connectivity index is 1.69. The van der Waals surface area contributed by atoms with Gasteiger partial charge in [-0.15, -0.1) is 12.3 Å². The van der Waals surface area contributed by atoms with Crippen molar-refractivity contribution in [3.63, 3.8) is 0 Å². The van der Waals surface area contributed by atoms with E-state index in [0.29, 0.717) is 44.8 Å². The Bertz CT molecular complexity index is 946. The van der Waals surface area contributed by atoms with Crippen LogP contribution in [0.5, 0.6) is 5.75 Å². The van der Waals surface area contributed by atoms with Gasteiger partial charge >= 0.3 is 0 Å². The highest BCUT2D eigenvalue weighted by Crippen LogP contribution is 2.19. The maximum atomic E-state index is 14.3. The second-order valence-electron chi connectivity index (χ2n) is 9.35. The van der Waals surface area contributed by atoms with Crippen LogP contribution in [-0.4, -0.2) is 49.5 Å². The number of nitrogens with one attached hydrogen (secondary N) is 3. The van der Waals surface area contributed by atoms with Crippen molar-refractivity contribution < 1.29 is 14.2 Å². The van der Waals surface area contributed by atoms with Crippen molar-refractivity contribution in [2.45, 2.75) is 70.2 Å². The van der Waals surface area contributed by atoms with Crippen LogP contribution in [0.3, 0.4) is 0 Å². The second kappa shape index (κ2) is 14.9. The molecule has 3 unspecified atom stereocenters. The van der Waals surface area contributed by atoms with Gasteiger partial charge in [0.2, 0.25) is 0 Å². The Morgan fingerprint density at radius 3 is 2.86 bits per heavy atom. The van der Waals surface area contributed by atoms with Crippen molar-refractivity contribution in [2.75, 3.05) is 26.2 Å². The summed E-state index contributed by atoms with van der Waals surface area (Å²) in [6.45, 7) is 5.30. The molecule has 0 saturated heterocycles. The SMILES string of the molecule is C#CCC1CNC(C(O)CNCc2cccc(CC)c2)Cc2cc(F)cc(c2)OCCCCCN1. The lowest BCUT2D eigenvalue weighted by molar-refractivity contribution is 0.123. The number of hydrogen-bond donors (Lipinski definition) is 4. The molecule has 1 aliphatic rings. The third-order valence-electron chi connectivity index (χ3n) is 6.45. The summed E-state index contributed by atoms with van der Waals surface area (Å²) in [4.78, 5) is 0. The summed E-state index contributed by atoms with van der Waals surface area (Å²) in [6.07, 6.45) is 9.98. The molecule has 4 N–H and O–H groups in total. The number of hydrogen-bond acceptors (Lipinski definition) is 5. The van der Waals surface area contributed by atoms with E-state index in [4.69, 9.17) is 11.2 Å². The van der Waals surface area contributed by atoms with Gasteiger partial charge in [0.25, 0.3) is 0 Å². The van der Waals surface area contributed by atoms with E-state index in [9.17, 15) is 9.50 Å². The minimum Gasteiger partial charge on any atom is -0.493 e. The monoisotopic (exact) mass is 481 g/mol. The van der Waals surface area contributed by atoms with Crippen LogP contribution < -0.4 is 20.7 Å². The van der Waals surface area contributed by atoms with E-state index in [0.717, 1.165) is 37.8 Å². The van der Waals surface area contributed by atoms with Crippen molar-refractivity contribution >= 4 is 0 Å². The zero-order valence-corrected chi connectivity index (χ0v) is 20.9. The first-order chi connectivity index (χ1) is 17.1. The van der Waals surface area contributed by atoms with E-state index >= 15 is 0 Å². The minimum absolute atomic E-state index is 0.115. The first-order valence-electron chi connectivity index (χ1n) is 12.9. The number of aryl methyl sites for hydroxylation is 1. The first kappa shape index (κ1) is 27.2. The molecule has 190 valence electrons. The molecule has 0 saturated carbocycles. The summed E-state index contributed by atoms with van der Waals surface area (Å²) < 4.78 is 20.1. The fourth-order valence-corrected chi connectivity index (χ4v) is 4.44. The van der Waals surface area contributed by atoms with Crippen molar-refractivity contribution in [2.24, 2.45) is 0 Å². The van der Waals surface area contributed by atoms with Gasteiger partial charge in [-0.25, -0.2) is 4.39 Å². The number of aliphatic hydroxyl groups is 1. The standard InChI is InChI=1S/C29H40FN3O2/c1-3-9-26-20-33-28(29(34)21-31-19-23-11-8-10-22(4-2)14-23)17-24-15-25(30)18-27(16-24)35-13-7-5-6-12-32-26/h1,8,10-11,14-16,18,26,28-29,31-34H,4-7,9,12-13,17,19-21H2,2H3. The predicted molar refractivity (Wildman–Crippen MR) is 140 cm³/mol. The lowest BCUT2D eigenvalue weighted by Crippen LogP contribution is -2.50. The molecule has 5 nitrogen and oxygen atoms in total. The largest absolute Gasteiger partial charge is 0.493 e. The van der Waals surface area contributed by atoms with Crippen LogP contribution in [0.2, 0.25) is 0 Å². The topological polar surface area (TPSA) is 65.5 Å². The molecule has 0 fully saturated rings. The molecule has 2 bridgehead atoms. The molecule has 2 aromatic rings. The van der Waals surface area contributed by atoms with Gasteiger partial charge in [-0.1, -0.05) is 31.2 Å². The fourth-order valence-electron chi connectivity index (χ4n) is 4.44. The Morgan fingerprint density at radius 1 is 1.17 bits per heavy atom. The highest BCUT2D eigenvalue weighted by molar-refractivity contribution is 5.30. The number of ether oxygens (including phenoxy) is 1. The summed E-state index contributed by atoms with van der Waals surface area (Å²) in [5.41, 5.74) is 3.28. The lowest BCUT2D eigenvalue weighted by atomic mass is 9.99. The fraction of sp³-hybridized carbons (Fsp3) is 0.517. The highest BCUT2D eigenvalue weighted by Gasteiger charge is 2.21. The molecule has 1 aliphatic heterocycles. The van der Waals surface area contributed by atoms with Gasteiger partial charge in [-0.05, 0) is 67.5 Å². The number of benzene rings is 2. The Labute approximate surface area is 209 Å². The van der Waals surface area contributed by atoms with Crippen LogP contribution in [0.4, 0.5) is 4.39 Å². The van der Waals surface area contributed by atoms with Crippen molar-refractivity contribution in [1.82, 2.24) is 16.0 Å². The lowest BCUT2D eigenvalue weighted by Gasteiger charge is -2.27. The molecular formula is C29H40FN3O2. The number of fused-ring (bicyclic) bond motifs is 2. The third-order valence-corrected chi connectivity index (χ3v) is 6.45. The average molecular weight is 482 g/mol. The Hall–Kier alpha value is -2.43. The normalized spacial score (nSPS) is 20.6. The van der Waals surface area contributed by atoms with Gasteiger partial charge in [0, 0.05) is 44.2 Å². The Morgan fingerprint density at radius 2 is 2.03 bits per heavy atom. The zero-order chi connectivity index (χ0) is 24.9.